The molecule has 6 nitrogen and oxygen atoms in total. The molecule has 1 fully saturated rings. The molecule has 1 heterocycles. The first-order chi connectivity index (χ1) is 7.18. The average Bonchev–Trinajstić information content (AvgIpc) is 2.65. The van der Waals surface area contributed by atoms with Gasteiger partial charge in [-0.05, 0) is 0 Å². The summed E-state index contributed by atoms with van der Waals surface area (Å²) in [5.41, 5.74) is 5.70. The summed E-state index contributed by atoms with van der Waals surface area (Å²) >= 11 is 0. The van der Waals surface area contributed by atoms with E-state index in [1.807, 2.05) is 0 Å². The topological polar surface area (TPSA) is 84.3 Å². The number of para-hydroxylation sites is 1. The fourth-order valence-electron chi connectivity index (χ4n) is 1.59. The van der Waals surface area contributed by atoms with Gasteiger partial charge in [-0.2, -0.15) is 0 Å². The summed E-state index contributed by atoms with van der Waals surface area (Å²) in [6.07, 6.45) is 0.227. The van der Waals surface area contributed by atoms with Gasteiger partial charge >= 0.3 is 0 Å². The fourth-order valence-corrected chi connectivity index (χ4v) is 1.59. The van der Waals surface area contributed by atoms with Gasteiger partial charge in [0.25, 0.3) is 5.69 Å². The average molecular weight is 207 g/mol. The number of rotatable bonds is 2. The summed E-state index contributed by atoms with van der Waals surface area (Å²) in [4.78, 5) is 21.3. The highest BCUT2D eigenvalue weighted by Crippen LogP contribution is 2.27. The smallest absolute Gasteiger partial charge is 0.274 e. The van der Waals surface area contributed by atoms with Crippen molar-refractivity contribution >= 4 is 11.6 Å². The number of amides is 1. The fraction of sp³-hybridized carbons (Fsp3) is 0.222. The van der Waals surface area contributed by atoms with Crippen LogP contribution in [0.15, 0.2) is 24.3 Å². The minimum absolute atomic E-state index is 0.0338. The molecule has 0 aliphatic carbocycles. The molecule has 1 unspecified atom stereocenters. The van der Waals surface area contributed by atoms with Crippen molar-refractivity contribution in [2.24, 2.45) is 0 Å². The predicted octanol–water partition coefficient (Wildman–Crippen LogP) is 0.660. The number of nitro groups is 1. The van der Waals surface area contributed by atoms with E-state index < -0.39 is 4.92 Å². The van der Waals surface area contributed by atoms with Gasteiger partial charge < -0.3 is 0 Å². The Morgan fingerprint density at radius 3 is 2.73 bits per heavy atom. The van der Waals surface area contributed by atoms with Gasteiger partial charge in [0.15, 0.2) is 0 Å². The second-order valence-corrected chi connectivity index (χ2v) is 3.27. The van der Waals surface area contributed by atoms with Crippen LogP contribution in [0, 0.1) is 10.1 Å². The maximum atomic E-state index is 11.0. The zero-order chi connectivity index (χ0) is 10.8. The Morgan fingerprint density at radius 1 is 1.40 bits per heavy atom. The van der Waals surface area contributed by atoms with Crippen molar-refractivity contribution in [1.82, 2.24) is 10.9 Å². The second kappa shape index (κ2) is 3.66. The van der Waals surface area contributed by atoms with Crippen molar-refractivity contribution in [3.8, 4) is 0 Å². The lowest BCUT2D eigenvalue weighted by atomic mass is 10.0. The molecule has 78 valence electrons. The normalized spacial score (nSPS) is 20.0. The molecule has 0 radical (unpaired) electrons. The first-order valence-corrected chi connectivity index (χ1v) is 4.46. The summed E-state index contributed by atoms with van der Waals surface area (Å²) in [6, 6.07) is 6.08. The van der Waals surface area contributed by atoms with E-state index in [0.717, 1.165) is 0 Å². The van der Waals surface area contributed by atoms with Gasteiger partial charge in [0, 0.05) is 18.1 Å². The Bertz CT molecular complexity index is 419. The summed E-state index contributed by atoms with van der Waals surface area (Å²) < 4.78 is 0. The minimum Gasteiger partial charge on any atom is -0.291 e. The van der Waals surface area contributed by atoms with Crippen molar-refractivity contribution in [3.63, 3.8) is 0 Å². The quantitative estimate of drug-likeness (QED) is 0.551. The molecule has 1 aromatic carbocycles. The molecule has 15 heavy (non-hydrogen) atoms. The minimum atomic E-state index is -0.445. The summed E-state index contributed by atoms with van der Waals surface area (Å²) in [5.74, 6) is -0.154. The Morgan fingerprint density at radius 2 is 2.13 bits per heavy atom. The number of hydrogen-bond acceptors (Lipinski definition) is 4. The highest BCUT2D eigenvalue weighted by atomic mass is 16.6. The van der Waals surface area contributed by atoms with Crippen LogP contribution in [0.25, 0.3) is 0 Å². The van der Waals surface area contributed by atoms with E-state index in [9.17, 15) is 14.9 Å². The molecular weight excluding hydrogens is 198 g/mol. The number of nitrogens with zero attached hydrogens (tertiary/aromatic N) is 1. The van der Waals surface area contributed by atoms with Crippen LogP contribution >= 0.6 is 0 Å². The van der Waals surface area contributed by atoms with Crippen molar-refractivity contribution in [3.05, 3.63) is 39.9 Å². The van der Waals surface area contributed by atoms with E-state index in [1.54, 1.807) is 18.2 Å². The van der Waals surface area contributed by atoms with Gasteiger partial charge in [-0.25, -0.2) is 5.43 Å². The van der Waals surface area contributed by atoms with E-state index >= 15 is 0 Å². The Hall–Kier alpha value is -1.95. The van der Waals surface area contributed by atoms with Gasteiger partial charge in [-0.1, -0.05) is 18.2 Å². The maximum absolute atomic E-state index is 11.0. The van der Waals surface area contributed by atoms with Crippen molar-refractivity contribution in [2.45, 2.75) is 12.5 Å². The first-order valence-electron chi connectivity index (χ1n) is 4.46. The highest BCUT2D eigenvalue weighted by molar-refractivity contribution is 5.78. The van der Waals surface area contributed by atoms with E-state index in [1.165, 1.54) is 6.07 Å². The number of nitrogens with one attached hydrogen (secondary N) is 2. The molecule has 1 aromatic rings. The zero-order valence-electron chi connectivity index (χ0n) is 7.77. The number of carbonyl (C=O) groups excluding carboxylic acids is 1. The summed E-state index contributed by atoms with van der Waals surface area (Å²) in [5, 5.41) is 10.7. The second-order valence-electron chi connectivity index (χ2n) is 3.27. The Kier molecular flexibility index (Phi) is 2.34. The third-order valence-corrected chi connectivity index (χ3v) is 2.28. The van der Waals surface area contributed by atoms with Crippen molar-refractivity contribution in [1.29, 1.82) is 0 Å². The summed E-state index contributed by atoms with van der Waals surface area (Å²) in [6.45, 7) is 0. The third-order valence-electron chi connectivity index (χ3n) is 2.28. The number of hydrogen-bond donors (Lipinski definition) is 2. The lowest BCUT2D eigenvalue weighted by Crippen LogP contribution is -2.27. The number of carbonyl (C=O) groups is 1. The predicted molar refractivity (Wildman–Crippen MR) is 51.7 cm³/mol. The molecule has 1 amide bonds. The largest absolute Gasteiger partial charge is 0.291 e. The molecular formula is C9H9N3O3. The van der Waals surface area contributed by atoms with Crippen LogP contribution < -0.4 is 10.9 Å². The molecule has 0 aromatic heterocycles. The van der Waals surface area contributed by atoms with E-state index in [0.29, 0.717) is 5.56 Å². The molecule has 2 N–H and O–H groups in total. The molecule has 0 saturated carbocycles. The van der Waals surface area contributed by atoms with Crippen LogP contribution in [-0.4, -0.2) is 10.8 Å². The maximum Gasteiger partial charge on any atom is 0.274 e. The van der Waals surface area contributed by atoms with Gasteiger partial charge in [-0.3, -0.25) is 20.3 Å². The van der Waals surface area contributed by atoms with Gasteiger partial charge in [0.1, 0.15) is 0 Å². The Balaban J connectivity index is 2.35. The van der Waals surface area contributed by atoms with Crippen LogP contribution in [0.2, 0.25) is 0 Å². The first kappa shape index (κ1) is 9.60. The van der Waals surface area contributed by atoms with Crippen LogP contribution in [0.3, 0.4) is 0 Å². The molecule has 1 aliphatic rings. The zero-order valence-corrected chi connectivity index (χ0v) is 7.77. The number of hydrazine groups is 1. The van der Waals surface area contributed by atoms with Crippen molar-refractivity contribution in [2.75, 3.05) is 0 Å². The highest BCUT2D eigenvalue weighted by Gasteiger charge is 2.28. The van der Waals surface area contributed by atoms with Crippen LogP contribution in [0.5, 0.6) is 0 Å². The molecule has 2 rings (SSSR count). The third kappa shape index (κ3) is 1.79. The van der Waals surface area contributed by atoms with Crippen molar-refractivity contribution < 1.29 is 9.72 Å². The lowest BCUT2D eigenvalue weighted by Gasteiger charge is -2.08. The monoisotopic (exact) mass is 207 g/mol. The number of benzene rings is 1. The van der Waals surface area contributed by atoms with E-state index in [-0.39, 0.29) is 24.1 Å². The van der Waals surface area contributed by atoms with Crippen LogP contribution in [0.1, 0.15) is 18.0 Å². The van der Waals surface area contributed by atoms with E-state index in [2.05, 4.69) is 10.9 Å². The van der Waals surface area contributed by atoms with Crippen LogP contribution in [0.4, 0.5) is 5.69 Å². The molecule has 1 saturated heterocycles. The van der Waals surface area contributed by atoms with Crippen LogP contribution in [-0.2, 0) is 4.79 Å². The molecule has 1 atom stereocenters. The van der Waals surface area contributed by atoms with Gasteiger partial charge in [-0.15, -0.1) is 0 Å². The number of nitro benzene ring substituents is 1. The molecule has 0 spiro atoms. The van der Waals surface area contributed by atoms with Gasteiger partial charge in [0.2, 0.25) is 5.91 Å². The van der Waals surface area contributed by atoms with Gasteiger partial charge in [0.05, 0.1) is 11.0 Å². The SMILES string of the molecule is O=C1CC(c2ccccc2[N+](=O)[O-])NN1. The Labute approximate surface area is 85.4 Å². The summed E-state index contributed by atoms with van der Waals surface area (Å²) in [7, 11) is 0. The van der Waals surface area contributed by atoms with E-state index in [4.69, 9.17) is 0 Å². The standard InChI is InChI=1S/C9H9N3O3/c13-9-5-7(10-11-9)6-3-1-2-4-8(6)12(14)15/h1-4,7,10H,5H2,(H,11,13). The molecule has 6 heteroatoms. The lowest BCUT2D eigenvalue weighted by molar-refractivity contribution is -0.385. The molecule has 1 aliphatic heterocycles. The molecule has 0 bridgehead atoms.